The third-order valence-corrected chi connectivity index (χ3v) is 4.95. The van der Waals surface area contributed by atoms with Crippen LogP contribution in [0, 0.1) is 11.3 Å². The Morgan fingerprint density at radius 2 is 1.94 bits per heavy atom. The summed E-state index contributed by atoms with van der Waals surface area (Å²) >= 11 is 0. The van der Waals surface area contributed by atoms with Crippen molar-refractivity contribution in [3.8, 4) is 11.8 Å². The van der Waals surface area contributed by atoms with Crippen LogP contribution in [0.2, 0.25) is 0 Å². The van der Waals surface area contributed by atoms with Crippen molar-refractivity contribution in [3.63, 3.8) is 0 Å². The molecule has 0 aliphatic carbocycles. The molecular formula is C20H15F4N9O. The van der Waals surface area contributed by atoms with Gasteiger partial charge in [-0.2, -0.15) is 15.3 Å². The van der Waals surface area contributed by atoms with Gasteiger partial charge in [0.2, 0.25) is 5.95 Å². The SMILES string of the molecule is C[C@H](Nc1nc(N)nc(C(F)F)c1C#N)c1nc2cccc(C(F)F)c2c(=O)n1-c1cn[nH]c1. The van der Waals surface area contributed by atoms with Crippen LogP contribution in [0.1, 0.15) is 48.5 Å². The Bertz CT molecular complexity index is 1460. The zero-order valence-electron chi connectivity index (χ0n) is 17.3. The molecule has 0 bridgehead atoms. The first kappa shape index (κ1) is 22.6. The summed E-state index contributed by atoms with van der Waals surface area (Å²) in [4.78, 5) is 25.0. The molecule has 4 aromatic rings. The molecule has 3 heterocycles. The second kappa shape index (κ2) is 8.77. The first-order chi connectivity index (χ1) is 16.2. The summed E-state index contributed by atoms with van der Waals surface area (Å²) in [5, 5.41) is 18.2. The number of nitrogens with two attached hydrogens (primary N) is 1. The van der Waals surface area contributed by atoms with E-state index in [0.717, 1.165) is 10.6 Å². The molecule has 0 aliphatic rings. The average Bonchev–Trinajstić information content (AvgIpc) is 3.32. The number of fused-ring (bicyclic) bond motifs is 1. The Hall–Kier alpha value is -4.54. The number of halogens is 4. The Kier molecular flexibility index (Phi) is 5.84. The Labute approximate surface area is 188 Å². The molecule has 0 radical (unpaired) electrons. The van der Waals surface area contributed by atoms with Gasteiger partial charge in [0, 0.05) is 11.8 Å². The van der Waals surface area contributed by atoms with E-state index in [0.29, 0.717) is 0 Å². The molecule has 0 saturated heterocycles. The van der Waals surface area contributed by atoms with Crippen molar-refractivity contribution >= 4 is 22.7 Å². The highest BCUT2D eigenvalue weighted by molar-refractivity contribution is 5.82. The molecule has 0 spiro atoms. The Morgan fingerprint density at radius 1 is 1.18 bits per heavy atom. The number of hydrogen-bond donors (Lipinski definition) is 3. The largest absolute Gasteiger partial charge is 0.368 e. The fourth-order valence-electron chi connectivity index (χ4n) is 3.50. The molecule has 0 aliphatic heterocycles. The van der Waals surface area contributed by atoms with Crippen LogP contribution in [0.4, 0.5) is 29.3 Å². The molecule has 1 atom stereocenters. The Balaban J connectivity index is 1.93. The molecule has 34 heavy (non-hydrogen) atoms. The van der Waals surface area contributed by atoms with Gasteiger partial charge in [-0.15, -0.1) is 0 Å². The molecular weight excluding hydrogens is 458 g/mol. The zero-order chi connectivity index (χ0) is 24.6. The van der Waals surface area contributed by atoms with Gasteiger partial charge in [-0.25, -0.2) is 27.5 Å². The first-order valence-electron chi connectivity index (χ1n) is 9.68. The van der Waals surface area contributed by atoms with Crippen LogP contribution in [-0.2, 0) is 0 Å². The van der Waals surface area contributed by atoms with Crippen LogP contribution in [0.15, 0.2) is 35.4 Å². The van der Waals surface area contributed by atoms with Crippen LogP contribution in [-0.4, -0.2) is 29.7 Å². The lowest BCUT2D eigenvalue weighted by molar-refractivity contribution is 0.145. The minimum absolute atomic E-state index is 0.00201. The normalized spacial score (nSPS) is 12.3. The van der Waals surface area contributed by atoms with E-state index in [4.69, 9.17) is 5.73 Å². The highest BCUT2D eigenvalue weighted by Gasteiger charge is 2.25. The maximum atomic E-state index is 13.6. The van der Waals surface area contributed by atoms with Gasteiger partial charge >= 0.3 is 0 Å². The molecule has 0 saturated carbocycles. The van der Waals surface area contributed by atoms with Gasteiger partial charge in [0.15, 0.2) is 5.82 Å². The van der Waals surface area contributed by atoms with Crippen molar-refractivity contribution in [1.82, 2.24) is 29.7 Å². The quantitative estimate of drug-likeness (QED) is 0.361. The molecule has 0 unspecified atom stereocenters. The summed E-state index contributed by atoms with van der Waals surface area (Å²) in [6, 6.07) is 4.56. The van der Waals surface area contributed by atoms with Crippen LogP contribution in [0.25, 0.3) is 16.6 Å². The second-order valence-corrected chi connectivity index (χ2v) is 7.08. The molecule has 4 N–H and O–H groups in total. The van der Waals surface area contributed by atoms with E-state index in [9.17, 15) is 27.6 Å². The minimum Gasteiger partial charge on any atom is -0.368 e. The van der Waals surface area contributed by atoms with Crippen LogP contribution < -0.4 is 16.6 Å². The average molecular weight is 473 g/mol. The van der Waals surface area contributed by atoms with Crippen molar-refractivity contribution in [3.05, 3.63) is 63.6 Å². The smallest absolute Gasteiger partial charge is 0.281 e. The Morgan fingerprint density at radius 3 is 2.56 bits per heavy atom. The topological polar surface area (TPSA) is 151 Å². The number of aromatic nitrogens is 6. The van der Waals surface area contributed by atoms with Crippen molar-refractivity contribution < 1.29 is 17.6 Å². The fraction of sp³-hybridized carbons (Fsp3) is 0.200. The van der Waals surface area contributed by atoms with E-state index < -0.39 is 47.2 Å². The van der Waals surface area contributed by atoms with Crippen molar-refractivity contribution in [2.24, 2.45) is 0 Å². The zero-order valence-corrected chi connectivity index (χ0v) is 17.3. The van der Waals surface area contributed by atoms with Gasteiger partial charge in [0.1, 0.15) is 23.2 Å². The lowest BCUT2D eigenvalue weighted by atomic mass is 10.1. The predicted molar refractivity (Wildman–Crippen MR) is 113 cm³/mol. The van der Waals surface area contributed by atoms with Crippen molar-refractivity contribution in [2.75, 3.05) is 11.1 Å². The summed E-state index contributed by atoms with van der Waals surface area (Å²) in [6.07, 6.45) is -3.37. The summed E-state index contributed by atoms with van der Waals surface area (Å²) in [5.41, 5.74) is 3.06. The highest BCUT2D eigenvalue weighted by Crippen LogP contribution is 2.30. The van der Waals surface area contributed by atoms with E-state index in [1.165, 1.54) is 31.5 Å². The summed E-state index contributed by atoms with van der Waals surface area (Å²) in [6.45, 7) is 1.52. The number of nitrogens with one attached hydrogen (secondary N) is 2. The van der Waals surface area contributed by atoms with E-state index in [2.05, 4.69) is 30.5 Å². The van der Waals surface area contributed by atoms with Gasteiger partial charge in [-0.3, -0.25) is 14.5 Å². The van der Waals surface area contributed by atoms with E-state index in [1.807, 2.05) is 0 Å². The number of benzene rings is 1. The van der Waals surface area contributed by atoms with Crippen LogP contribution in [0.5, 0.6) is 0 Å². The lowest BCUT2D eigenvalue weighted by Gasteiger charge is -2.20. The van der Waals surface area contributed by atoms with Crippen molar-refractivity contribution in [2.45, 2.75) is 25.8 Å². The molecule has 14 heteroatoms. The predicted octanol–water partition coefficient (Wildman–Crippen LogP) is 3.40. The third kappa shape index (κ3) is 3.87. The minimum atomic E-state index is -3.09. The lowest BCUT2D eigenvalue weighted by Crippen LogP contribution is -2.28. The van der Waals surface area contributed by atoms with Gasteiger partial charge in [0.05, 0.1) is 28.8 Å². The molecule has 1 aromatic carbocycles. The number of nitriles is 1. The number of rotatable bonds is 6. The molecule has 0 fully saturated rings. The fourth-order valence-corrected chi connectivity index (χ4v) is 3.50. The standard InChI is InChI=1S/C20H15F4N9O/c1-8(29-17-11(5-25)14(16(23)24)31-20(26)32-17)18-30-12-4-2-3-10(15(21)22)13(12)19(34)33(18)9-6-27-28-7-9/h2-4,6-8,15-16H,1H3,(H,27,28)(H3,26,29,31,32)/t8-/m0/s1. The number of nitrogen functional groups attached to an aromatic ring is 1. The summed E-state index contributed by atoms with van der Waals surface area (Å²) in [7, 11) is 0. The van der Waals surface area contributed by atoms with E-state index >= 15 is 0 Å². The molecule has 174 valence electrons. The maximum absolute atomic E-state index is 13.6. The molecule has 10 nitrogen and oxygen atoms in total. The third-order valence-electron chi connectivity index (χ3n) is 4.95. The number of hydrogen-bond acceptors (Lipinski definition) is 8. The molecule has 3 aromatic heterocycles. The van der Waals surface area contributed by atoms with Gasteiger partial charge < -0.3 is 11.1 Å². The van der Waals surface area contributed by atoms with E-state index in [1.54, 1.807) is 6.07 Å². The molecule has 4 rings (SSSR count). The van der Waals surface area contributed by atoms with Gasteiger partial charge in [0.25, 0.3) is 18.4 Å². The van der Waals surface area contributed by atoms with Gasteiger partial charge in [-0.1, -0.05) is 12.1 Å². The van der Waals surface area contributed by atoms with Gasteiger partial charge in [-0.05, 0) is 13.0 Å². The number of nitrogens with zero attached hydrogens (tertiary/aromatic N) is 6. The van der Waals surface area contributed by atoms with E-state index in [-0.39, 0.29) is 28.2 Å². The maximum Gasteiger partial charge on any atom is 0.281 e. The highest BCUT2D eigenvalue weighted by atomic mass is 19.3. The number of H-pyrrole nitrogens is 1. The summed E-state index contributed by atoms with van der Waals surface area (Å²) in [5.74, 6) is -0.776. The number of anilines is 2. The monoisotopic (exact) mass is 473 g/mol. The number of aromatic amines is 1. The number of alkyl halides is 4. The van der Waals surface area contributed by atoms with Crippen molar-refractivity contribution in [1.29, 1.82) is 5.26 Å². The summed E-state index contributed by atoms with van der Waals surface area (Å²) < 4.78 is 55.0. The van der Waals surface area contributed by atoms with Crippen LogP contribution in [0.3, 0.4) is 0 Å². The van der Waals surface area contributed by atoms with Crippen LogP contribution >= 0.6 is 0 Å². The second-order valence-electron chi connectivity index (χ2n) is 7.08. The first-order valence-corrected chi connectivity index (χ1v) is 9.68. The molecule has 0 amide bonds.